The lowest BCUT2D eigenvalue weighted by Gasteiger charge is -2.43. The highest BCUT2D eigenvalue weighted by Gasteiger charge is 2.28. The monoisotopic (exact) mass is 443 g/mol. The Morgan fingerprint density at radius 2 is 1.79 bits per heavy atom. The van der Waals surface area contributed by atoms with Crippen LogP contribution in [0.3, 0.4) is 0 Å². The molecule has 0 saturated heterocycles. The molecule has 0 unspecified atom stereocenters. The fraction of sp³-hybridized carbons (Fsp3) is 0.526. The average molecular weight is 444 g/mol. The summed E-state index contributed by atoms with van der Waals surface area (Å²) in [6.07, 6.45) is 2.10. The highest BCUT2D eigenvalue weighted by molar-refractivity contribution is 8.13. The van der Waals surface area contributed by atoms with Crippen molar-refractivity contribution in [2.24, 2.45) is 4.99 Å². The number of nitrogens with zero attached hydrogens (tertiary/aromatic N) is 5. The van der Waals surface area contributed by atoms with Crippen molar-refractivity contribution in [2.75, 3.05) is 33.2 Å². The van der Waals surface area contributed by atoms with E-state index < -0.39 is 33.5 Å². The van der Waals surface area contributed by atoms with Gasteiger partial charge in [-0.15, -0.1) is 0 Å². The van der Waals surface area contributed by atoms with Gasteiger partial charge in [-0.05, 0) is 33.6 Å². The standard InChI is InChI=1S/C10H21N3S.C9H3ClF2N2O/c1-6-12-7-11-9(14-5)13(8-12)10(2,3)4;1-15-9-5(3-14)7(11)4(2-13)8(12)6(9)10/h6-8H2,1-5H3;1H3. The minimum atomic E-state index is -1.27. The van der Waals surface area contributed by atoms with Crippen LogP contribution >= 0.6 is 23.4 Å². The molecular weight excluding hydrogens is 420 g/mol. The summed E-state index contributed by atoms with van der Waals surface area (Å²) in [7, 11) is 1.12. The number of methoxy groups -OCH3 is 1. The maximum atomic E-state index is 13.3. The molecule has 1 aromatic rings. The first-order chi connectivity index (χ1) is 13.6. The van der Waals surface area contributed by atoms with Crippen LogP contribution in [0.25, 0.3) is 0 Å². The molecule has 0 N–H and O–H groups in total. The van der Waals surface area contributed by atoms with Crippen LogP contribution in [0.2, 0.25) is 5.02 Å². The Hall–Kier alpha value is -2.07. The molecule has 0 aliphatic carbocycles. The number of aliphatic imine (C=N–C) groups is 1. The fourth-order valence-corrected chi connectivity index (χ4v) is 3.46. The first kappa shape index (κ1) is 25.0. The third kappa shape index (κ3) is 5.72. The number of hydrogen-bond donors (Lipinski definition) is 0. The van der Waals surface area contributed by atoms with Gasteiger partial charge in [0.15, 0.2) is 22.6 Å². The molecule has 0 spiro atoms. The smallest absolute Gasteiger partial charge is 0.166 e. The Morgan fingerprint density at radius 1 is 1.21 bits per heavy atom. The maximum Gasteiger partial charge on any atom is 0.166 e. The summed E-state index contributed by atoms with van der Waals surface area (Å²) in [5.41, 5.74) is -1.31. The third-order valence-corrected chi connectivity index (χ3v) is 5.18. The van der Waals surface area contributed by atoms with Crippen molar-refractivity contribution < 1.29 is 13.5 Å². The SMILES string of the molecule is CCN1CN=C(SC)N(C(C)(C)C)C1.COc1c(Cl)c(F)c(C#N)c(F)c1C#N. The van der Waals surface area contributed by atoms with Crippen LogP contribution < -0.4 is 4.74 Å². The molecule has 29 heavy (non-hydrogen) atoms. The summed E-state index contributed by atoms with van der Waals surface area (Å²) < 4.78 is 31.2. The Kier molecular flexibility index (Phi) is 9.15. The lowest BCUT2D eigenvalue weighted by molar-refractivity contribution is 0.117. The zero-order valence-electron chi connectivity index (χ0n) is 17.3. The van der Waals surface area contributed by atoms with E-state index in [0.29, 0.717) is 0 Å². The zero-order valence-corrected chi connectivity index (χ0v) is 18.9. The van der Waals surface area contributed by atoms with Crippen molar-refractivity contribution >= 4 is 28.5 Å². The molecule has 6 nitrogen and oxygen atoms in total. The molecular formula is C19H24ClF2N5OS. The molecule has 0 saturated carbocycles. The molecule has 10 heteroatoms. The molecule has 0 bridgehead atoms. The van der Waals surface area contributed by atoms with E-state index in [1.165, 1.54) is 17.3 Å². The Balaban J connectivity index is 0.000000291. The molecule has 1 heterocycles. The van der Waals surface area contributed by atoms with E-state index in [1.807, 2.05) is 0 Å². The normalized spacial score (nSPS) is 14.3. The summed E-state index contributed by atoms with van der Waals surface area (Å²) in [4.78, 5) is 9.28. The number of benzene rings is 1. The van der Waals surface area contributed by atoms with Crippen molar-refractivity contribution in [3.8, 4) is 17.9 Å². The number of nitriles is 2. The van der Waals surface area contributed by atoms with Crippen molar-refractivity contribution in [3.05, 3.63) is 27.8 Å². The number of rotatable bonds is 2. The quantitative estimate of drug-likeness (QED) is 0.629. The molecule has 158 valence electrons. The number of halogens is 3. The van der Waals surface area contributed by atoms with Crippen LogP contribution in [-0.2, 0) is 0 Å². The van der Waals surface area contributed by atoms with Gasteiger partial charge in [0.05, 0.1) is 20.4 Å². The molecule has 0 radical (unpaired) electrons. The minimum absolute atomic E-state index is 0.162. The van der Waals surface area contributed by atoms with Crippen LogP contribution in [0.5, 0.6) is 5.75 Å². The van der Waals surface area contributed by atoms with Crippen molar-refractivity contribution in [1.29, 1.82) is 10.5 Å². The number of ether oxygens (including phenoxy) is 1. The Morgan fingerprint density at radius 3 is 2.21 bits per heavy atom. The van der Waals surface area contributed by atoms with Crippen LogP contribution in [0.15, 0.2) is 4.99 Å². The highest BCUT2D eigenvalue weighted by atomic mass is 35.5. The predicted octanol–water partition coefficient (Wildman–Crippen LogP) is 4.43. The van der Waals surface area contributed by atoms with Gasteiger partial charge in [0.25, 0.3) is 0 Å². The van der Waals surface area contributed by atoms with Crippen LogP contribution in [0.1, 0.15) is 38.8 Å². The molecule has 1 aromatic carbocycles. The predicted molar refractivity (Wildman–Crippen MR) is 112 cm³/mol. The van der Waals surface area contributed by atoms with Gasteiger partial charge in [-0.2, -0.15) is 10.5 Å². The van der Waals surface area contributed by atoms with Crippen molar-refractivity contribution in [3.63, 3.8) is 0 Å². The van der Waals surface area contributed by atoms with Gasteiger partial charge < -0.3 is 9.64 Å². The van der Waals surface area contributed by atoms with Crippen molar-refractivity contribution in [1.82, 2.24) is 9.80 Å². The Bertz CT molecular complexity index is 855. The lowest BCUT2D eigenvalue weighted by Crippen LogP contribution is -2.53. The number of thioether (sulfide) groups is 1. The molecule has 2 rings (SSSR count). The first-order valence-electron chi connectivity index (χ1n) is 8.70. The minimum Gasteiger partial charge on any atom is -0.494 e. The molecule has 0 amide bonds. The summed E-state index contributed by atoms with van der Waals surface area (Å²) in [6, 6.07) is 2.74. The van der Waals surface area contributed by atoms with Crippen LogP contribution in [-0.4, -0.2) is 53.8 Å². The topological polar surface area (TPSA) is 75.7 Å². The van der Waals surface area contributed by atoms with E-state index in [9.17, 15) is 8.78 Å². The van der Waals surface area contributed by atoms with E-state index >= 15 is 0 Å². The molecule has 0 fully saturated rings. The molecule has 1 aliphatic rings. The largest absolute Gasteiger partial charge is 0.494 e. The molecule has 0 aromatic heterocycles. The van der Waals surface area contributed by atoms with Gasteiger partial charge in [-0.1, -0.05) is 30.3 Å². The second-order valence-corrected chi connectivity index (χ2v) is 8.11. The summed E-state index contributed by atoms with van der Waals surface area (Å²) in [5, 5.41) is 17.7. The van der Waals surface area contributed by atoms with Gasteiger partial charge >= 0.3 is 0 Å². The van der Waals surface area contributed by atoms with Gasteiger partial charge in [-0.25, -0.2) is 13.8 Å². The van der Waals surface area contributed by atoms with Gasteiger partial charge in [-0.3, -0.25) is 4.90 Å². The number of amidine groups is 1. The number of hydrogen-bond acceptors (Lipinski definition) is 7. The molecule has 0 atom stereocenters. The van der Waals surface area contributed by atoms with Crippen LogP contribution in [0.4, 0.5) is 8.78 Å². The summed E-state index contributed by atoms with van der Waals surface area (Å²) >= 11 is 7.21. The van der Waals surface area contributed by atoms with E-state index in [4.69, 9.17) is 22.1 Å². The van der Waals surface area contributed by atoms with Gasteiger partial charge in [0.1, 0.15) is 28.3 Å². The molecule has 1 aliphatic heterocycles. The van der Waals surface area contributed by atoms with Crippen molar-refractivity contribution in [2.45, 2.75) is 33.2 Å². The maximum absolute atomic E-state index is 13.3. The average Bonchev–Trinajstić information content (AvgIpc) is 2.70. The van der Waals surface area contributed by atoms with Gasteiger partial charge in [0, 0.05) is 5.54 Å². The van der Waals surface area contributed by atoms with E-state index in [-0.39, 0.29) is 5.54 Å². The van der Waals surface area contributed by atoms with Crippen LogP contribution in [0, 0.1) is 34.3 Å². The second-order valence-electron chi connectivity index (χ2n) is 6.96. The van der Waals surface area contributed by atoms with E-state index in [0.717, 1.165) is 27.0 Å². The summed E-state index contributed by atoms with van der Waals surface area (Å²) in [6.45, 7) is 11.8. The third-order valence-electron chi connectivity index (χ3n) is 4.12. The Labute approximate surface area is 179 Å². The highest BCUT2D eigenvalue weighted by Crippen LogP contribution is 2.35. The summed E-state index contributed by atoms with van der Waals surface area (Å²) in [5.74, 6) is -2.90. The van der Waals surface area contributed by atoms with E-state index in [1.54, 1.807) is 11.8 Å². The second kappa shape index (κ2) is 10.6. The zero-order chi connectivity index (χ0) is 22.4. The fourth-order valence-electron chi connectivity index (χ4n) is 2.45. The van der Waals surface area contributed by atoms with Gasteiger partial charge in [0.2, 0.25) is 0 Å². The van der Waals surface area contributed by atoms with E-state index in [2.05, 4.69) is 53.5 Å². The lowest BCUT2D eigenvalue weighted by atomic mass is 10.1. The first-order valence-corrected chi connectivity index (χ1v) is 10.3.